The maximum atomic E-state index is 10.5. The van der Waals surface area contributed by atoms with Crippen LogP contribution < -0.4 is 9.47 Å². The van der Waals surface area contributed by atoms with Crippen molar-refractivity contribution in [3.8, 4) is 11.5 Å². The lowest BCUT2D eigenvalue weighted by atomic mass is 10.1. The van der Waals surface area contributed by atoms with Crippen molar-refractivity contribution in [1.82, 2.24) is 4.90 Å². The second-order valence-electron chi connectivity index (χ2n) is 5.71. The molecular weight excluding hydrogens is 266 g/mol. The molecule has 1 aliphatic rings. The van der Waals surface area contributed by atoms with E-state index in [0.29, 0.717) is 24.1 Å². The van der Waals surface area contributed by atoms with Crippen LogP contribution in [-0.2, 0) is 0 Å². The number of rotatable bonds is 9. The molecule has 0 saturated heterocycles. The molecule has 0 aromatic heterocycles. The molecule has 1 N–H and O–H groups in total. The van der Waals surface area contributed by atoms with Gasteiger partial charge in [-0.05, 0) is 43.5 Å². The van der Waals surface area contributed by atoms with Gasteiger partial charge >= 0.3 is 0 Å². The lowest BCUT2D eigenvalue weighted by Gasteiger charge is -2.25. The molecule has 2 rings (SSSR count). The van der Waals surface area contributed by atoms with E-state index in [9.17, 15) is 5.11 Å². The van der Waals surface area contributed by atoms with Crippen LogP contribution in [0.2, 0.25) is 0 Å². The Labute approximate surface area is 127 Å². The largest absolute Gasteiger partial charge is 0.493 e. The van der Waals surface area contributed by atoms with Gasteiger partial charge in [0.15, 0.2) is 11.5 Å². The Kier molecular flexibility index (Phi) is 5.88. The van der Waals surface area contributed by atoms with Crippen molar-refractivity contribution in [2.24, 2.45) is 0 Å². The Morgan fingerprint density at radius 3 is 2.52 bits per heavy atom. The molecule has 1 fully saturated rings. The highest BCUT2D eigenvalue weighted by atomic mass is 16.5. The first-order valence-corrected chi connectivity index (χ1v) is 7.83. The fourth-order valence-electron chi connectivity index (χ4n) is 2.61. The number of methoxy groups -OCH3 is 2. The minimum absolute atomic E-state index is 0.484. The zero-order valence-corrected chi connectivity index (χ0v) is 13.3. The summed E-state index contributed by atoms with van der Waals surface area (Å²) in [7, 11) is 3.24. The third-order valence-corrected chi connectivity index (χ3v) is 4.06. The highest BCUT2D eigenvalue weighted by Crippen LogP contribution is 2.32. The van der Waals surface area contributed by atoms with Gasteiger partial charge in [0.25, 0.3) is 0 Å². The first-order valence-electron chi connectivity index (χ1n) is 7.83. The number of aliphatic hydroxyl groups excluding tert-OH is 1. The van der Waals surface area contributed by atoms with Gasteiger partial charge in [-0.3, -0.25) is 4.90 Å². The molecule has 1 aromatic rings. The molecular formula is C17H27NO3. The number of ether oxygens (including phenoxy) is 2. The normalized spacial score (nSPS) is 16.0. The molecule has 0 aliphatic heterocycles. The van der Waals surface area contributed by atoms with Crippen LogP contribution in [0.3, 0.4) is 0 Å². The van der Waals surface area contributed by atoms with E-state index in [0.717, 1.165) is 12.1 Å². The van der Waals surface area contributed by atoms with E-state index in [1.807, 2.05) is 18.2 Å². The van der Waals surface area contributed by atoms with Crippen LogP contribution in [0.5, 0.6) is 11.5 Å². The van der Waals surface area contributed by atoms with Crippen molar-refractivity contribution < 1.29 is 14.6 Å². The Hall–Kier alpha value is -1.26. The van der Waals surface area contributed by atoms with Crippen molar-refractivity contribution in [2.75, 3.05) is 27.3 Å². The third-order valence-electron chi connectivity index (χ3n) is 4.06. The summed E-state index contributed by atoms with van der Waals surface area (Å²) >= 11 is 0. The van der Waals surface area contributed by atoms with E-state index in [-0.39, 0.29) is 0 Å². The number of hydrogen-bond acceptors (Lipinski definition) is 4. The minimum Gasteiger partial charge on any atom is -0.493 e. The van der Waals surface area contributed by atoms with Gasteiger partial charge in [0.05, 0.1) is 20.3 Å². The lowest BCUT2D eigenvalue weighted by molar-refractivity contribution is 0.107. The van der Waals surface area contributed by atoms with Crippen molar-refractivity contribution in [1.29, 1.82) is 0 Å². The fourth-order valence-corrected chi connectivity index (χ4v) is 2.61. The molecule has 1 atom stereocenters. The molecule has 1 saturated carbocycles. The quantitative estimate of drug-likeness (QED) is 0.760. The Bertz CT molecular complexity index is 446. The first-order chi connectivity index (χ1) is 10.2. The number of unbranched alkanes of at least 4 members (excludes halogenated alkanes) is 1. The number of benzene rings is 1. The highest BCUT2D eigenvalue weighted by molar-refractivity contribution is 5.43. The summed E-state index contributed by atoms with van der Waals surface area (Å²) in [6.45, 7) is 3.97. The van der Waals surface area contributed by atoms with Gasteiger partial charge in [-0.25, -0.2) is 0 Å². The molecule has 1 unspecified atom stereocenters. The summed E-state index contributed by atoms with van der Waals surface area (Å²) in [5.74, 6) is 1.36. The maximum Gasteiger partial charge on any atom is 0.161 e. The van der Waals surface area contributed by atoms with Gasteiger partial charge < -0.3 is 14.6 Å². The number of aliphatic hydroxyl groups is 1. The molecule has 4 nitrogen and oxygen atoms in total. The van der Waals surface area contributed by atoms with Crippen LogP contribution in [-0.4, -0.2) is 43.4 Å². The monoisotopic (exact) mass is 293 g/mol. The second kappa shape index (κ2) is 7.66. The average Bonchev–Trinajstić information content (AvgIpc) is 3.35. The average molecular weight is 293 g/mol. The minimum atomic E-state index is -0.484. The molecule has 0 amide bonds. The summed E-state index contributed by atoms with van der Waals surface area (Å²) in [6, 6.07) is 6.31. The predicted molar refractivity (Wildman–Crippen MR) is 84.0 cm³/mol. The van der Waals surface area contributed by atoms with E-state index in [1.165, 1.54) is 25.7 Å². The molecule has 0 radical (unpaired) electrons. The van der Waals surface area contributed by atoms with Crippen LogP contribution in [0.25, 0.3) is 0 Å². The SMILES string of the molecule is CCCCN(CC(O)c1ccc(OC)c(OC)c1)C1CC1. The molecule has 0 spiro atoms. The van der Waals surface area contributed by atoms with Crippen molar-refractivity contribution in [3.05, 3.63) is 23.8 Å². The molecule has 1 aromatic carbocycles. The van der Waals surface area contributed by atoms with Gasteiger partial charge in [-0.15, -0.1) is 0 Å². The smallest absolute Gasteiger partial charge is 0.161 e. The Morgan fingerprint density at radius 2 is 1.95 bits per heavy atom. The maximum absolute atomic E-state index is 10.5. The van der Waals surface area contributed by atoms with Crippen LogP contribution in [0.1, 0.15) is 44.3 Å². The summed E-state index contributed by atoms with van der Waals surface area (Å²) in [6.07, 6.45) is 4.43. The summed E-state index contributed by atoms with van der Waals surface area (Å²) in [5.41, 5.74) is 0.884. The number of nitrogens with zero attached hydrogens (tertiary/aromatic N) is 1. The van der Waals surface area contributed by atoms with Gasteiger partial charge in [-0.2, -0.15) is 0 Å². The van der Waals surface area contributed by atoms with E-state index >= 15 is 0 Å². The zero-order valence-electron chi connectivity index (χ0n) is 13.3. The molecule has 0 heterocycles. The Balaban J connectivity index is 2.02. The summed E-state index contributed by atoms with van der Waals surface area (Å²) in [5, 5.41) is 10.5. The van der Waals surface area contributed by atoms with E-state index in [1.54, 1.807) is 14.2 Å². The molecule has 4 heteroatoms. The molecule has 21 heavy (non-hydrogen) atoms. The van der Waals surface area contributed by atoms with Crippen LogP contribution in [0.15, 0.2) is 18.2 Å². The molecule has 0 bridgehead atoms. The third kappa shape index (κ3) is 4.35. The number of hydrogen-bond donors (Lipinski definition) is 1. The van der Waals surface area contributed by atoms with Crippen molar-refractivity contribution >= 4 is 0 Å². The van der Waals surface area contributed by atoms with Gasteiger partial charge in [0.1, 0.15) is 0 Å². The topological polar surface area (TPSA) is 41.9 Å². The van der Waals surface area contributed by atoms with Crippen molar-refractivity contribution in [2.45, 2.75) is 44.8 Å². The molecule has 118 valence electrons. The predicted octanol–water partition coefficient (Wildman–Crippen LogP) is 3.00. The highest BCUT2D eigenvalue weighted by Gasteiger charge is 2.30. The zero-order chi connectivity index (χ0) is 15.2. The van der Waals surface area contributed by atoms with Gasteiger partial charge in [0.2, 0.25) is 0 Å². The second-order valence-corrected chi connectivity index (χ2v) is 5.71. The van der Waals surface area contributed by atoms with Crippen LogP contribution in [0.4, 0.5) is 0 Å². The van der Waals surface area contributed by atoms with Gasteiger partial charge in [0, 0.05) is 12.6 Å². The molecule has 1 aliphatic carbocycles. The summed E-state index contributed by atoms with van der Waals surface area (Å²) < 4.78 is 10.5. The summed E-state index contributed by atoms with van der Waals surface area (Å²) in [4.78, 5) is 2.42. The van der Waals surface area contributed by atoms with Gasteiger partial charge in [-0.1, -0.05) is 19.4 Å². The van der Waals surface area contributed by atoms with Crippen LogP contribution >= 0.6 is 0 Å². The first kappa shape index (κ1) is 16.1. The van der Waals surface area contributed by atoms with Crippen LogP contribution in [0, 0.1) is 0 Å². The van der Waals surface area contributed by atoms with E-state index < -0.39 is 6.10 Å². The Morgan fingerprint density at radius 1 is 1.24 bits per heavy atom. The standard InChI is InChI=1S/C17H27NO3/c1-4-5-10-18(14-7-8-14)12-15(19)13-6-9-16(20-2)17(11-13)21-3/h6,9,11,14-15,19H,4-5,7-8,10,12H2,1-3H3. The fraction of sp³-hybridized carbons (Fsp3) is 0.647. The lowest BCUT2D eigenvalue weighted by Crippen LogP contribution is -2.31. The van der Waals surface area contributed by atoms with E-state index in [2.05, 4.69) is 11.8 Å². The van der Waals surface area contributed by atoms with Crippen molar-refractivity contribution in [3.63, 3.8) is 0 Å². The van der Waals surface area contributed by atoms with E-state index in [4.69, 9.17) is 9.47 Å².